The lowest BCUT2D eigenvalue weighted by atomic mass is 10.0. The van der Waals surface area contributed by atoms with Crippen LogP contribution in [-0.2, 0) is 17.8 Å². The molecule has 4 nitrogen and oxygen atoms in total. The molecular formula is C27H27N3O. The van der Waals surface area contributed by atoms with Gasteiger partial charge >= 0.3 is 0 Å². The molecule has 1 N–H and O–H groups in total. The minimum Gasteiger partial charge on any atom is -0.352 e. The number of amides is 1. The molecule has 0 aliphatic rings. The van der Waals surface area contributed by atoms with Crippen LogP contribution < -0.4 is 5.32 Å². The monoisotopic (exact) mass is 409 g/mol. The predicted molar refractivity (Wildman–Crippen MR) is 128 cm³/mol. The molecule has 1 amide bonds. The molecule has 3 aromatic carbocycles. The van der Waals surface area contributed by atoms with Crippen molar-refractivity contribution in [3.63, 3.8) is 0 Å². The largest absolute Gasteiger partial charge is 0.352 e. The lowest BCUT2D eigenvalue weighted by Gasteiger charge is -2.08. The van der Waals surface area contributed by atoms with Crippen LogP contribution in [-0.4, -0.2) is 22.0 Å². The number of aryl methyl sites for hydroxylation is 1. The Morgan fingerprint density at radius 1 is 0.935 bits per heavy atom. The molecule has 31 heavy (non-hydrogen) atoms. The summed E-state index contributed by atoms with van der Waals surface area (Å²) in [5, 5.41) is 2.97. The van der Waals surface area contributed by atoms with Crippen molar-refractivity contribution < 1.29 is 4.79 Å². The summed E-state index contributed by atoms with van der Waals surface area (Å²) >= 11 is 0. The molecule has 4 rings (SSSR count). The number of rotatable bonds is 8. The summed E-state index contributed by atoms with van der Waals surface area (Å²) in [6, 6.07) is 26.7. The maximum Gasteiger partial charge on any atom is 0.244 e. The average Bonchev–Trinajstić information content (AvgIpc) is 3.16. The van der Waals surface area contributed by atoms with Crippen molar-refractivity contribution in [1.29, 1.82) is 0 Å². The number of carbonyl (C=O) groups excluding carboxylic acids is 1. The Balaban J connectivity index is 1.33. The zero-order valence-electron chi connectivity index (χ0n) is 17.8. The Labute approximate surface area is 183 Å². The normalized spacial score (nSPS) is 11.3. The van der Waals surface area contributed by atoms with E-state index in [4.69, 9.17) is 4.98 Å². The van der Waals surface area contributed by atoms with Gasteiger partial charge in [-0.3, -0.25) is 4.79 Å². The van der Waals surface area contributed by atoms with Gasteiger partial charge in [-0.2, -0.15) is 0 Å². The molecule has 0 saturated heterocycles. The highest BCUT2D eigenvalue weighted by Crippen LogP contribution is 2.20. The third-order valence-corrected chi connectivity index (χ3v) is 5.27. The molecule has 0 bridgehead atoms. The Kier molecular flexibility index (Phi) is 6.58. The summed E-state index contributed by atoms with van der Waals surface area (Å²) in [5.74, 6) is 0.925. The first-order valence-electron chi connectivity index (χ1n) is 10.8. The number of nitrogens with zero attached hydrogens (tertiary/aromatic N) is 2. The lowest BCUT2D eigenvalue weighted by Crippen LogP contribution is -2.24. The van der Waals surface area contributed by atoms with E-state index < -0.39 is 0 Å². The Morgan fingerprint density at radius 3 is 2.42 bits per heavy atom. The van der Waals surface area contributed by atoms with Gasteiger partial charge in [0.25, 0.3) is 0 Å². The molecule has 0 unspecified atom stereocenters. The van der Waals surface area contributed by atoms with Gasteiger partial charge in [-0.25, -0.2) is 4.98 Å². The van der Waals surface area contributed by atoms with Gasteiger partial charge in [-0.1, -0.05) is 73.7 Å². The maximum atomic E-state index is 12.3. The van der Waals surface area contributed by atoms with Crippen LogP contribution in [0, 0.1) is 0 Å². The minimum atomic E-state index is -0.0923. The summed E-state index contributed by atoms with van der Waals surface area (Å²) < 4.78 is 2.26. The van der Waals surface area contributed by atoms with Gasteiger partial charge in [0, 0.05) is 25.6 Å². The van der Waals surface area contributed by atoms with Crippen LogP contribution in [0.2, 0.25) is 0 Å². The third-order valence-electron chi connectivity index (χ3n) is 5.27. The number of fused-ring (bicyclic) bond motifs is 1. The van der Waals surface area contributed by atoms with E-state index in [9.17, 15) is 4.79 Å². The summed E-state index contributed by atoms with van der Waals surface area (Å²) in [6.07, 6.45) is 5.19. The van der Waals surface area contributed by atoms with Gasteiger partial charge in [0.05, 0.1) is 11.0 Å². The Bertz CT molecular complexity index is 1170. The number of nitrogens with one attached hydrogen (secondary N) is 1. The van der Waals surface area contributed by atoms with Crippen molar-refractivity contribution >= 4 is 23.0 Å². The van der Waals surface area contributed by atoms with Crippen LogP contribution in [0.4, 0.5) is 0 Å². The van der Waals surface area contributed by atoms with Crippen LogP contribution in [0.1, 0.15) is 24.7 Å². The van der Waals surface area contributed by atoms with Crippen molar-refractivity contribution in [2.75, 3.05) is 6.54 Å². The second-order valence-corrected chi connectivity index (χ2v) is 7.53. The molecule has 4 heteroatoms. The second kappa shape index (κ2) is 9.90. The number of hydrogen-bond acceptors (Lipinski definition) is 2. The topological polar surface area (TPSA) is 46.9 Å². The van der Waals surface area contributed by atoms with Crippen molar-refractivity contribution in [3.8, 4) is 11.1 Å². The van der Waals surface area contributed by atoms with E-state index >= 15 is 0 Å². The van der Waals surface area contributed by atoms with Gasteiger partial charge in [-0.05, 0) is 41.3 Å². The smallest absolute Gasteiger partial charge is 0.244 e. The first kappa shape index (κ1) is 20.6. The van der Waals surface area contributed by atoms with Crippen LogP contribution in [0.5, 0.6) is 0 Å². The average molecular weight is 410 g/mol. The summed E-state index contributed by atoms with van der Waals surface area (Å²) in [4.78, 5) is 17.0. The molecule has 0 saturated carbocycles. The van der Waals surface area contributed by atoms with E-state index in [1.165, 1.54) is 5.56 Å². The van der Waals surface area contributed by atoms with Crippen molar-refractivity contribution in [1.82, 2.24) is 14.9 Å². The Morgan fingerprint density at radius 2 is 1.65 bits per heavy atom. The molecule has 4 aromatic rings. The quantitative estimate of drug-likeness (QED) is 0.391. The van der Waals surface area contributed by atoms with Gasteiger partial charge in [-0.15, -0.1) is 0 Å². The molecule has 156 valence electrons. The molecule has 0 atom stereocenters. The summed E-state index contributed by atoms with van der Waals surface area (Å²) in [6.45, 7) is 3.66. The summed E-state index contributed by atoms with van der Waals surface area (Å²) in [7, 11) is 0. The van der Waals surface area contributed by atoms with Crippen molar-refractivity contribution in [2.45, 2.75) is 26.3 Å². The number of para-hydroxylation sites is 2. The third kappa shape index (κ3) is 5.10. The maximum absolute atomic E-state index is 12.3. The number of carbonyl (C=O) groups is 1. The highest BCUT2D eigenvalue weighted by molar-refractivity contribution is 5.91. The molecule has 0 spiro atoms. The molecule has 1 heterocycles. The van der Waals surface area contributed by atoms with E-state index in [0.29, 0.717) is 13.0 Å². The predicted octanol–water partition coefficient (Wildman–Crippen LogP) is 5.49. The van der Waals surface area contributed by atoms with Crippen LogP contribution in [0.3, 0.4) is 0 Å². The first-order valence-corrected chi connectivity index (χ1v) is 10.8. The zero-order chi connectivity index (χ0) is 21.5. The highest BCUT2D eigenvalue weighted by atomic mass is 16.1. The molecule has 0 aliphatic heterocycles. The fraction of sp³-hybridized carbons (Fsp3) is 0.185. The SMILES string of the molecule is CCCn1c(CCNC(=O)/C=C/c2ccc(-c3ccccc3)cc2)nc2ccccc21. The standard InChI is InChI=1S/C27H27N3O/c1-2-20-30-25-11-7-6-10-24(25)29-26(30)18-19-28-27(31)17-14-21-12-15-23(16-13-21)22-8-4-3-5-9-22/h3-17H,2,18-20H2,1H3,(H,28,31)/b17-14+. The van der Waals surface area contributed by atoms with Crippen LogP contribution >= 0.6 is 0 Å². The fourth-order valence-electron chi connectivity index (χ4n) is 3.73. The van der Waals surface area contributed by atoms with Crippen LogP contribution in [0.15, 0.2) is 84.9 Å². The number of benzene rings is 3. The molecule has 0 fully saturated rings. The van der Waals surface area contributed by atoms with Gasteiger partial charge < -0.3 is 9.88 Å². The van der Waals surface area contributed by atoms with Crippen molar-refractivity contribution in [2.24, 2.45) is 0 Å². The number of imidazole rings is 1. The number of aromatic nitrogens is 2. The van der Waals surface area contributed by atoms with E-state index in [1.54, 1.807) is 6.08 Å². The molecule has 1 aromatic heterocycles. The number of hydrogen-bond donors (Lipinski definition) is 1. The highest BCUT2D eigenvalue weighted by Gasteiger charge is 2.09. The molecular weight excluding hydrogens is 382 g/mol. The van der Waals surface area contributed by atoms with Crippen LogP contribution in [0.25, 0.3) is 28.2 Å². The van der Waals surface area contributed by atoms with Gasteiger partial charge in [0.15, 0.2) is 0 Å². The fourth-order valence-corrected chi connectivity index (χ4v) is 3.73. The second-order valence-electron chi connectivity index (χ2n) is 7.53. The molecule has 0 aliphatic carbocycles. The van der Waals surface area contributed by atoms with Gasteiger partial charge in [0.2, 0.25) is 5.91 Å². The first-order chi connectivity index (χ1) is 15.2. The van der Waals surface area contributed by atoms with E-state index in [-0.39, 0.29) is 5.91 Å². The minimum absolute atomic E-state index is 0.0923. The Hall–Kier alpha value is -3.66. The van der Waals surface area contributed by atoms with E-state index in [2.05, 4.69) is 47.1 Å². The van der Waals surface area contributed by atoms with Gasteiger partial charge in [0.1, 0.15) is 5.82 Å². The van der Waals surface area contributed by atoms with Crippen molar-refractivity contribution in [3.05, 3.63) is 96.3 Å². The lowest BCUT2D eigenvalue weighted by molar-refractivity contribution is -0.116. The van der Waals surface area contributed by atoms with E-state index in [1.807, 2.05) is 54.6 Å². The molecule has 0 radical (unpaired) electrons. The summed E-state index contributed by atoms with van der Waals surface area (Å²) in [5.41, 5.74) is 5.52. The van der Waals surface area contributed by atoms with E-state index in [0.717, 1.165) is 41.0 Å². The zero-order valence-corrected chi connectivity index (χ0v) is 17.8.